The Bertz CT molecular complexity index is 459. The molecule has 1 amide bonds. The Hall–Kier alpha value is -1.40. The SMILES string of the molecule is CC(C)(C)OC(=O)NCC(O)Cn1ccc(=S)cc1. The minimum absolute atomic E-state index is 0.136. The van der Waals surface area contributed by atoms with E-state index >= 15 is 0 Å². The monoisotopic (exact) mass is 284 g/mol. The number of aliphatic hydroxyl groups is 1. The first-order chi connectivity index (χ1) is 8.76. The first-order valence-corrected chi connectivity index (χ1v) is 6.48. The van der Waals surface area contributed by atoms with Gasteiger partial charge >= 0.3 is 6.09 Å². The molecule has 1 aromatic heterocycles. The van der Waals surface area contributed by atoms with Crippen molar-refractivity contribution >= 4 is 18.3 Å². The molecule has 0 saturated carbocycles. The normalized spacial score (nSPS) is 12.8. The van der Waals surface area contributed by atoms with E-state index in [2.05, 4.69) is 5.32 Å². The van der Waals surface area contributed by atoms with Gasteiger partial charge in [0.1, 0.15) is 5.60 Å². The summed E-state index contributed by atoms with van der Waals surface area (Å²) in [5.74, 6) is 0. The van der Waals surface area contributed by atoms with Crippen LogP contribution in [0.1, 0.15) is 20.8 Å². The van der Waals surface area contributed by atoms with Crippen LogP contribution < -0.4 is 5.32 Å². The van der Waals surface area contributed by atoms with Gasteiger partial charge in [0.25, 0.3) is 0 Å². The van der Waals surface area contributed by atoms with Crippen LogP contribution in [-0.2, 0) is 11.3 Å². The summed E-state index contributed by atoms with van der Waals surface area (Å²) in [6, 6.07) is 3.56. The van der Waals surface area contributed by atoms with Crippen molar-refractivity contribution in [3.63, 3.8) is 0 Å². The molecular weight excluding hydrogens is 264 g/mol. The van der Waals surface area contributed by atoms with Crippen molar-refractivity contribution in [3.05, 3.63) is 29.0 Å². The first-order valence-electron chi connectivity index (χ1n) is 6.07. The number of nitrogens with zero attached hydrogens (tertiary/aromatic N) is 1. The Morgan fingerprint density at radius 1 is 1.47 bits per heavy atom. The van der Waals surface area contributed by atoms with E-state index in [0.29, 0.717) is 6.54 Å². The fourth-order valence-corrected chi connectivity index (χ4v) is 1.51. The van der Waals surface area contributed by atoms with Gasteiger partial charge in [0.2, 0.25) is 0 Å². The lowest BCUT2D eigenvalue weighted by atomic mass is 10.2. The summed E-state index contributed by atoms with van der Waals surface area (Å²) in [5, 5.41) is 12.3. The fraction of sp³-hybridized carbons (Fsp3) is 0.538. The fourth-order valence-electron chi connectivity index (χ4n) is 1.39. The van der Waals surface area contributed by atoms with E-state index in [9.17, 15) is 9.90 Å². The Kier molecular flexibility index (Phi) is 5.50. The van der Waals surface area contributed by atoms with Crippen LogP contribution in [0.5, 0.6) is 0 Å². The summed E-state index contributed by atoms with van der Waals surface area (Å²) in [5.41, 5.74) is -0.539. The second-order valence-corrected chi connectivity index (χ2v) is 5.74. The van der Waals surface area contributed by atoms with E-state index in [0.717, 1.165) is 4.51 Å². The lowest BCUT2D eigenvalue weighted by molar-refractivity contribution is 0.0484. The quantitative estimate of drug-likeness (QED) is 0.831. The lowest BCUT2D eigenvalue weighted by Gasteiger charge is -2.20. The number of nitrogens with one attached hydrogen (secondary N) is 1. The molecule has 0 bridgehead atoms. The summed E-state index contributed by atoms with van der Waals surface area (Å²) in [6.45, 7) is 5.88. The zero-order chi connectivity index (χ0) is 14.5. The topological polar surface area (TPSA) is 63.5 Å². The smallest absolute Gasteiger partial charge is 0.407 e. The van der Waals surface area contributed by atoms with E-state index < -0.39 is 17.8 Å². The van der Waals surface area contributed by atoms with Gasteiger partial charge < -0.3 is 19.7 Å². The van der Waals surface area contributed by atoms with E-state index in [-0.39, 0.29) is 6.54 Å². The number of rotatable bonds is 4. The highest BCUT2D eigenvalue weighted by Crippen LogP contribution is 2.06. The zero-order valence-electron chi connectivity index (χ0n) is 11.4. The van der Waals surface area contributed by atoms with Crippen LogP contribution in [0.3, 0.4) is 0 Å². The predicted octanol–water partition coefficient (Wildman–Crippen LogP) is 2.10. The summed E-state index contributed by atoms with van der Waals surface area (Å²) >= 11 is 4.97. The maximum Gasteiger partial charge on any atom is 0.407 e. The number of pyridine rings is 1. The van der Waals surface area contributed by atoms with Gasteiger partial charge in [-0.25, -0.2) is 4.79 Å². The molecular formula is C13H20N2O3S. The number of carbonyl (C=O) groups excluding carboxylic acids is 1. The molecule has 19 heavy (non-hydrogen) atoms. The average molecular weight is 284 g/mol. The number of aliphatic hydroxyl groups excluding tert-OH is 1. The van der Waals surface area contributed by atoms with Crippen LogP contribution in [0.2, 0.25) is 0 Å². The summed E-state index contributed by atoms with van der Waals surface area (Å²) in [7, 11) is 0. The third-order valence-corrected chi connectivity index (χ3v) is 2.44. The van der Waals surface area contributed by atoms with Gasteiger partial charge in [0, 0.05) is 30.0 Å². The Balaban J connectivity index is 2.35. The molecule has 1 rings (SSSR count). The largest absolute Gasteiger partial charge is 0.444 e. The molecule has 2 N–H and O–H groups in total. The molecule has 0 spiro atoms. The van der Waals surface area contributed by atoms with Gasteiger partial charge in [-0.1, -0.05) is 12.2 Å². The third kappa shape index (κ3) is 6.93. The molecule has 0 radical (unpaired) electrons. The highest BCUT2D eigenvalue weighted by atomic mass is 32.1. The molecule has 106 valence electrons. The van der Waals surface area contributed by atoms with Crippen LogP contribution in [-0.4, -0.2) is 34.0 Å². The van der Waals surface area contributed by atoms with Crippen LogP contribution in [0, 0.1) is 4.51 Å². The number of ether oxygens (including phenoxy) is 1. The summed E-state index contributed by atoms with van der Waals surface area (Å²) < 4.78 is 7.62. The Morgan fingerprint density at radius 3 is 2.58 bits per heavy atom. The van der Waals surface area contributed by atoms with Crippen molar-refractivity contribution in [3.8, 4) is 0 Å². The van der Waals surface area contributed by atoms with Gasteiger partial charge in [0.15, 0.2) is 0 Å². The number of carbonyl (C=O) groups is 1. The van der Waals surface area contributed by atoms with E-state index in [4.69, 9.17) is 17.0 Å². The maximum atomic E-state index is 11.4. The average Bonchev–Trinajstić information content (AvgIpc) is 2.27. The van der Waals surface area contributed by atoms with E-state index in [1.54, 1.807) is 49.9 Å². The molecule has 0 aromatic carbocycles. The van der Waals surface area contributed by atoms with Crippen molar-refractivity contribution in [2.75, 3.05) is 6.54 Å². The molecule has 5 nitrogen and oxygen atoms in total. The van der Waals surface area contributed by atoms with E-state index in [1.807, 2.05) is 0 Å². The number of hydrogen-bond acceptors (Lipinski definition) is 4. The number of aromatic nitrogens is 1. The predicted molar refractivity (Wildman–Crippen MR) is 75.5 cm³/mol. The van der Waals surface area contributed by atoms with Crippen molar-refractivity contribution < 1.29 is 14.6 Å². The minimum atomic E-state index is -0.687. The van der Waals surface area contributed by atoms with Crippen LogP contribution in [0.15, 0.2) is 24.5 Å². The minimum Gasteiger partial charge on any atom is -0.444 e. The second kappa shape index (κ2) is 6.68. The van der Waals surface area contributed by atoms with Crippen molar-refractivity contribution in [2.24, 2.45) is 0 Å². The first kappa shape index (κ1) is 15.7. The molecule has 1 aromatic rings. The molecule has 0 aliphatic heterocycles. The lowest BCUT2D eigenvalue weighted by Crippen LogP contribution is -2.38. The van der Waals surface area contributed by atoms with Gasteiger partial charge in [-0.3, -0.25) is 0 Å². The second-order valence-electron chi connectivity index (χ2n) is 5.27. The van der Waals surface area contributed by atoms with Crippen molar-refractivity contribution in [2.45, 2.75) is 39.0 Å². The van der Waals surface area contributed by atoms with Gasteiger partial charge in [-0.2, -0.15) is 0 Å². The van der Waals surface area contributed by atoms with Crippen LogP contribution >= 0.6 is 12.2 Å². The molecule has 0 fully saturated rings. The highest BCUT2D eigenvalue weighted by molar-refractivity contribution is 7.71. The van der Waals surface area contributed by atoms with Gasteiger partial charge in [0.05, 0.1) is 6.10 Å². The van der Waals surface area contributed by atoms with Crippen LogP contribution in [0.4, 0.5) is 4.79 Å². The molecule has 1 heterocycles. The molecule has 1 unspecified atom stereocenters. The highest BCUT2D eigenvalue weighted by Gasteiger charge is 2.16. The zero-order valence-corrected chi connectivity index (χ0v) is 12.2. The Labute approximate surface area is 118 Å². The number of amides is 1. The van der Waals surface area contributed by atoms with Gasteiger partial charge in [-0.05, 0) is 32.9 Å². The third-order valence-electron chi connectivity index (χ3n) is 2.16. The molecule has 0 aliphatic rings. The molecule has 6 heteroatoms. The summed E-state index contributed by atoms with van der Waals surface area (Å²) in [4.78, 5) is 11.4. The number of alkyl carbamates (subject to hydrolysis) is 1. The Morgan fingerprint density at radius 2 is 2.05 bits per heavy atom. The molecule has 0 aliphatic carbocycles. The van der Waals surface area contributed by atoms with Gasteiger partial charge in [-0.15, -0.1) is 0 Å². The van der Waals surface area contributed by atoms with E-state index in [1.165, 1.54) is 0 Å². The van der Waals surface area contributed by atoms with Crippen molar-refractivity contribution in [1.82, 2.24) is 9.88 Å². The van der Waals surface area contributed by atoms with Crippen LogP contribution in [0.25, 0.3) is 0 Å². The van der Waals surface area contributed by atoms with Crippen molar-refractivity contribution in [1.29, 1.82) is 0 Å². The number of hydrogen-bond donors (Lipinski definition) is 2. The summed E-state index contributed by atoms with van der Waals surface area (Å²) in [6.07, 6.45) is 2.36. The molecule has 0 saturated heterocycles. The maximum absolute atomic E-state index is 11.4. The molecule has 1 atom stereocenters. The standard InChI is InChI=1S/C13H20N2O3S/c1-13(2,3)18-12(17)14-8-10(16)9-15-6-4-11(19)5-7-15/h4-7,10,16H,8-9H2,1-3H3,(H,14,17).